The summed E-state index contributed by atoms with van der Waals surface area (Å²) >= 11 is 3.48. The number of piperidine rings is 1. The van der Waals surface area contributed by atoms with Crippen molar-refractivity contribution in [1.82, 2.24) is 0 Å². The molecule has 1 aromatic carbocycles. The van der Waals surface area contributed by atoms with Crippen molar-refractivity contribution in [3.63, 3.8) is 0 Å². The summed E-state index contributed by atoms with van der Waals surface area (Å²) in [5.41, 5.74) is 7.02. The van der Waals surface area contributed by atoms with E-state index in [4.69, 9.17) is 5.73 Å². The smallest absolute Gasteiger partial charge is 0.220 e. The van der Waals surface area contributed by atoms with Crippen molar-refractivity contribution < 1.29 is 9.59 Å². The van der Waals surface area contributed by atoms with Crippen LogP contribution in [0, 0.1) is 5.92 Å². The molecule has 1 heterocycles. The molecule has 0 aliphatic carbocycles. The molecule has 96 valence electrons. The van der Waals surface area contributed by atoms with Crippen LogP contribution in [0.25, 0.3) is 0 Å². The van der Waals surface area contributed by atoms with Crippen LogP contribution >= 0.6 is 15.9 Å². The first kappa shape index (κ1) is 13.1. The van der Waals surface area contributed by atoms with E-state index < -0.39 is 0 Å². The number of hydrogen-bond donors (Lipinski definition) is 1. The maximum Gasteiger partial charge on any atom is 0.220 e. The summed E-state index contributed by atoms with van der Waals surface area (Å²) in [5.74, 6) is -0.209. The standard InChI is InChI=1S/C13H15BrN2O2/c14-11-7-9(8-17)1-2-12(11)16-5-3-10(4-6-16)13(15)18/h1-2,7-8,10H,3-6H2,(H2,15,18). The number of anilines is 1. The van der Waals surface area contributed by atoms with Crippen molar-refractivity contribution in [1.29, 1.82) is 0 Å². The number of rotatable bonds is 3. The Labute approximate surface area is 114 Å². The zero-order chi connectivity index (χ0) is 13.1. The van der Waals surface area contributed by atoms with E-state index in [1.54, 1.807) is 6.07 Å². The largest absolute Gasteiger partial charge is 0.371 e. The number of hydrogen-bond acceptors (Lipinski definition) is 3. The Balaban J connectivity index is 2.10. The van der Waals surface area contributed by atoms with Gasteiger partial charge in [0.25, 0.3) is 0 Å². The summed E-state index contributed by atoms with van der Waals surface area (Å²) in [4.78, 5) is 24.0. The molecule has 4 nitrogen and oxygen atoms in total. The van der Waals surface area contributed by atoms with Crippen molar-refractivity contribution in [2.24, 2.45) is 11.7 Å². The van der Waals surface area contributed by atoms with Crippen LogP contribution in [0.3, 0.4) is 0 Å². The van der Waals surface area contributed by atoms with Crippen LogP contribution in [-0.2, 0) is 4.79 Å². The molecule has 0 spiro atoms. The monoisotopic (exact) mass is 310 g/mol. The fourth-order valence-corrected chi connectivity index (χ4v) is 2.91. The van der Waals surface area contributed by atoms with Gasteiger partial charge in [0.2, 0.25) is 5.91 Å². The zero-order valence-electron chi connectivity index (χ0n) is 9.93. The van der Waals surface area contributed by atoms with Crippen molar-refractivity contribution in [3.8, 4) is 0 Å². The molecule has 2 N–H and O–H groups in total. The van der Waals surface area contributed by atoms with Crippen LogP contribution in [-0.4, -0.2) is 25.3 Å². The maximum atomic E-state index is 11.1. The molecule has 0 radical (unpaired) electrons. The van der Waals surface area contributed by atoms with Gasteiger partial charge in [0.15, 0.2) is 0 Å². The van der Waals surface area contributed by atoms with Gasteiger partial charge in [-0.3, -0.25) is 9.59 Å². The van der Waals surface area contributed by atoms with Crippen molar-refractivity contribution in [3.05, 3.63) is 28.2 Å². The third-order valence-electron chi connectivity index (χ3n) is 3.35. The highest BCUT2D eigenvalue weighted by atomic mass is 79.9. The molecule has 18 heavy (non-hydrogen) atoms. The Bertz CT molecular complexity index is 468. The van der Waals surface area contributed by atoms with E-state index in [1.807, 2.05) is 12.1 Å². The third-order valence-corrected chi connectivity index (χ3v) is 3.98. The summed E-state index contributed by atoms with van der Waals surface area (Å²) < 4.78 is 0.907. The predicted molar refractivity (Wildman–Crippen MR) is 73.7 cm³/mol. The Hall–Kier alpha value is -1.36. The fraction of sp³-hybridized carbons (Fsp3) is 0.385. The van der Waals surface area contributed by atoms with E-state index in [1.165, 1.54) is 0 Å². The minimum atomic E-state index is -0.204. The normalized spacial score (nSPS) is 16.6. The summed E-state index contributed by atoms with van der Waals surface area (Å²) in [6.07, 6.45) is 2.41. The average molecular weight is 311 g/mol. The topological polar surface area (TPSA) is 63.4 Å². The summed E-state index contributed by atoms with van der Waals surface area (Å²) in [6, 6.07) is 5.54. The van der Waals surface area contributed by atoms with E-state index in [2.05, 4.69) is 20.8 Å². The quantitative estimate of drug-likeness (QED) is 0.868. The maximum absolute atomic E-state index is 11.1. The third kappa shape index (κ3) is 2.72. The van der Waals surface area contributed by atoms with Crippen LogP contribution < -0.4 is 10.6 Å². The molecule has 2 rings (SSSR count). The summed E-state index contributed by atoms with van der Waals surface area (Å²) in [6.45, 7) is 1.62. The highest BCUT2D eigenvalue weighted by Gasteiger charge is 2.24. The second kappa shape index (κ2) is 5.52. The lowest BCUT2D eigenvalue weighted by molar-refractivity contribution is -0.122. The van der Waals surface area contributed by atoms with Gasteiger partial charge in [-0.2, -0.15) is 0 Å². The zero-order valence-corrected chi connectivity index (χ0v) is 11.5. The Morgan fingerprint density at radius 2 is 2.06 bits per heavy atom. The lowest BCUT2D eigenvalue weighted by Gasteiger charge is -2.33. The number of nitrogens with zero attached hydrogens (tertiary/aromatic N) is 1. The predicted octanol–water partition coefficient (Wildman–Crippen LogP) is 1.96. The molecule has 0 unspecified atom stereocenters. The Morgan fingerprint density at radius 1 is 1.39 bits per heavy atom. The van der Waals surface area contributed by atoms with Gasteiger partial charge in [-0.15, -0.1) is 0 Å². The highest BCUT2D eigenvalue weighted by Crippen LogP contribution is 2.30. The Kier molecular flexibility index (Phi) is 4.01. The van der Waals surface area contributed by atoms with Gasteiger partial charge in [0, 0.05) is 29.0 Å². The fourth-order valence-electron chi connectivity index (χ4n) is 2.26. The van der Waals surface area contributed by atoms with Gasteiger partial charge < -0.3 is 10.6 Å². The lowest BCUT2D eigenvalue weighted by atomic mass is 9.96. The molecule has 1 amide bonds. The molecule has 1 saturated heterocycles. The molecule has 0 saturated carbocycles. The van der Waals surface area contributed by atoms with Gasteiger partial charge in [0.1, 0.15) is 6.29 Å². The van der Waals surface area contributed by atoms with Crippen LogP contribution in [0.5, 0.6) is 0 Å². The van der Waals surface area contributed by atoms with Crippen molar-refractivity contribution >= 4 is 33.8 Å². The molecular formula is C13H15BrN2O2. The minimum absolute atomic E-state index is 0.00530. The van der Waals surface area contributed by atoms with Crippen LogP contribution in [0.2, 0.25) is 0 Å². The van der Waals surface area contributed by atoms with Gasteiger partial charge in [-0.05, 0) is 47.0 Å². The first-order valence-corrected chi connectivity index (χ1v) is 6.70. The average Bonchev–Trinajstić information content (AvgIpc) is 2.38. The van der Waals surface area contributed by atoms with E-state index in [0.717, 1.165) is 42.4 Å². The number of carbonyl (C=O) groups is 2. The number of aldehydes is 1. The second-order valence-corrected chi connectivity index (χ2v) is 5.35. The number of benzene rings is 1. The van der Waals surface area contributed by atoms with Crippen LogP contribution in [0.1, 0.15) is 23.2 Å². The number of halogens is 1. The lowest BCUT2D eigenvalue weighted by Crippen LogP contribution is -2.38. The molecule has 0 aromatic heterocycles. The van der Waals surface area contributed by atoms with Gasteiger partial charge in [-0.1, -0.05) is 0 Å². The number of amides is 1. The second-order valence-electron chi connectivity index (χ2n) is 4.49. The van der Waals surface area contributed by atoms with Gasteiger partial charge in [-0.25, -0.2) is 0 Å². The molecular weight excluding hydrogens is 296 g/mol. The number of nitrogens with two attached hydrogens (primary N) is 1. The molecule has 1 aliphatic heterocycles. The molecule has 0 bridgehead atoms. The molecule has 0 atom stereocenters. The first-order chi connectivity index (χ1) is 8.61. The molecule has 5 heteroatoms. The number of primary amides is 1. The first-order valence-electron chi connectivity index (χ1n) is 5.91. The van der Waals surface area contributed by atoms with Crippen molar-refractivity contribution in [2.75, 3.05) is 18.0 Å². The number of carbonyl (C=O) groups excluding carboxylic acids is 2. The highest BCUT2D eigenvalue weighted by molar-refractivity contribution is 9.10. The Morgan fingerprint density at radius 3 is 2.56 bits per heavy atom. The summed E-state index contributed by atoms with van der Waals surface area (Å²) in [5, 5.41) is 0. The van der Waals surface area contributed by atoms with E-state index in [9.17, 15) is 9.59 Å². The van der Waals surface area contributed by atoms with Gasteiger partial charge >= 0.3 is 0 Å². The molecule has 1 aliphatic rings. The molecule has 1 fully saturated rings. The van der Waals surface area contributed by atoms with E-state index in [-0.39, 0.29) is 11.8 Å². The SMILES string of the molecule is NC(=O)C1CCN(c2ccc(C=O)cc2Br)CC1. The minimum Gasteiger partial charge on any atom is -0.371 e. The van der Waals surface area contributed by atoms with Crippen molar-refractivity contribution in [2.45, 2.75) is 12.8 Å². The van der Waals surface area contributed by atoms with E-state index >= 15 is 0 Å². The van der Waals surface area contributed by atoms with Crippen LogP contribution in [0.4, 0.5) is 5.69 Å². The summed E-state index contributed by atoms with van der Waals surface area (Å²) in [7, 11) is 0. The van der Waals surface area contributed by atoms with E-state index in [0.29, 0.717) is 5.56 Å². The van der Waals surface area contributed by atoms with Crippen LogP contribution in [0.15, 0.2) is 22.7 Å². The van der Waals surface area contributed by atoms with Gasteiger partial charge in [0.05, 0.1) is 5.69 Å². The molecule has 1 aromatic rings.